The van der Waals surface area contributed by atoms with Crippen molar-refractivity contribution in [2.75, 3.05) is 0 Å². The van der Waals surface area contributed by atoms with Crippen molar-refractivity contribution in [3.05, 3.63) is 36.5 Å². The molecule has 2 saturated carbocycles. The summed E-state index contributed by atoms with van der Waals surface area (Å²) in [5, 5.41) is 0. The monoisotopic (exact) mass is 308 g/mol. The first-order valence-electron chi connectivity index (χ1n) is 8.90. The SMILES string of the molecule is C=C(F)/C(=C\C=C\F)CC1CCC(C2CCC(C)CC2)CC1. The summed E-state index contributed by atoms with van der Waals surface area (Å²) in [5.74, 6) is 2.85. The van der Waals surface area contributed by atoms with E-state index < -0.39 is 5.83 Å². The molecule has 2 aliphatic rings. The van der Waals surface area contributed by atoms with Crippen LogP contribution < -0.4 is 0 Å². The third-order valence-electron chi connectivity index (χ3n) is 5.85. The van der Waals surface area contributed by atoms with E-state index in [0.717, 1.165) is 17.8 Å². The third-order valence-corrected chi connectivity index (χ3v) is 5.85. The van der Waals surface area contributed by atoms with Gasteiger partial charge in [-0.25, -0.2) is 8.78 Å². The molecule has 22 heavy (non-hydrogen) atoms. The molecule has 0 aliphatic heterocycles. The van der Waals surface area contributed by atoms with E-state index in [1.165, 1.54) is 63.5 Å². The Morgan fingerprint density at radius 1 is 1.00 bits per heavy atom. The Morgan fingerprint density at radius 2 is 1.55 bits per heavy atom. The van der Waals surface area contributed by atoms with Crippen molar-refractivity contribution in [1.29, 1.82) is 0 Å². The lowest BCUT2D eigenvalue weighted by Gasteiger charge is -2.37. The van der Waals surface area contributed by atoms with Gasteiger partial charge in [0, 0.05) is 0 Å². The summed E-state index contributed by atoms with van der Waals surface area (Å²) in [5.41, 5.74) is 0.559. The number of hydrogen-bond donors (Lipinski definition) is 0. The fraction of sp³-hybridized carbons (Fsp3) is 0.700. The second-order valence-electron chi connectivity index (χ2n) is 7.42. The predicted molar refractivity (Wildman–Crippen MR) is 89.8 cm³/mol. The molecule has 0 saturated heterocycles. The van der Waals surface area contributed by atoms with Crippen LogP contribution in [0.1, 0.15) is 64.7 Å². The highest BCUT2D eigenvalue weighted by molar-refractivity contribution is 5.27. The van der Waals surface area contributed by atoms with E-state index >= 15 is 0 Å². The fourth-order valence-electron chi connectivity index (χ4n) is 4.35. The molecule has 0 aromatic heterocycles. The molecule has 0 aromatic rings. The second-order valence-corrected chi connectivity index (χ2v) is 7.42. The number of halogens is 2. The summed E-state index contributed by atoms with van der Waals surface area (Å²) >= 11 is 0. The topological polar surface area (TPSA) is 0 Å². The van der Waals surface area contributed by atoms with Crippen LogP contribution in [0.3, 0.4) is 0 Å². The normalized spacial score (nSPS) is 34.0. The van der Waals surface area contributed by atoms with Gasteiger partial charge in [-0.2, -0.15) is 0 Å². The molecule has 0 unspecified atom stereocenters. The Morgan fingerprint density at radius 3 is 2.05 bits per heavy atom. The van der Waals surface area contributed by atoms with E-state index in [-0.39, 0.29) is 0 Å². The molecule has 2 heteroatoms. The Bertz CT molecular complexity index is 405. The molecule has 0 spiro atoms. The van der Waals surface area contributed by atoms with Gasteiger partial charge in [-0.05, 0) is 80.3 Å². The summed E-state index contributed by atoms with van der Waals surface area (Å²) in [6.07, 6.45) is 14.5. The second kappa shape index (κ2) is 8.64. The molecule has 0 bridgehead atoms. The lowest BCUT2D eigenvalue weighted by molar-refractivity contribution is 0.150. The fourth-order valence-corrected chi connectivity index (χ4v) is 4.35. The third kappa shape index (κ3) is 5.07. The van der Waals surface area contributed by atoms with Gasteiger partial charge in [-0.1, -0.05) is 32.4 Å². The van der Waals surface area contributed by atoms with Crippen LogP contribution in [0.5, 0.6) is 0 Å². The molecule has 0 radical (unpaired) electrons. The highest BCUT2D eigenvalue weighted by Crippen LogP contribution is 2.42. The average molecular weight is 308 g/mol. The van der Waals surface area contributed by atoms with Crippen LogP contribution in [0.2, 0.25) is 0 Å². The first-order chi connectivity index (χ1) is 10.6. The first kappa shape index (κ1) is 17.4. The van der Waals surface area contributed by atoms with E-state index in [2.05, 4.69) is 13.5 Å². The summed E-state index contributed by atoms with van der Waals surface area (Å²) < 4.78 is 25.5. The van der Waals surface area contributed by atoms with Crippen LogP contribution in [0, 0.1) is 23.7 Å². The largest absolute Gasteiger partial charge is 0.216 e. The van der Waals surface area contributed by atoms with Gasteiger partial charge in [0.2, 0.25) is 0 Å². The molecule has 0 amide bonds. The molecule has 0 aromatic carbocycles. The summed E-state index contributed by atoms with van der Waals surface area (Å²) in [6.45, 7) is 5.75. The minimum Gasteiger partial charge on any atom is -0.216 e. The Kier molecular flexibility index (Phi) is 6.85. The molecule has 2 fully saturated rings. The summed E-state index contributed by atoms with van der Waals surface area (Å²) in [6, 6.07) is 0. The highest BCUT2D eigenvalue weighted by atomic mass is 19.1. The number of allylic oxidation sites excluding steroid dienone is 4. The minimum atomic E-state index is -0.415. The van der Waals surface area contributed by atoms with Crippen LogP contribution in [0.25, 0.3) is 0 Å². The van der Waals surface area contributed by atoms with Gasteiger partial charge in [0.1, 0.15) is 5.83 Å². The molecular formula is C20H30F2. The predicted octanol–water partition coefficient (Wildman–Crippen LogP) is 6.90. The maximum atomic E-state index is 13.4. The summed E-state index contributed by atoms with van der Waals surface area (Å²) in [7, 11) is 0. The van der Waals surface area contributed by atoms with Gasteiger partial charge in [-0.3, -0.25) is 0 Å². The maximum Gasteiger partial charge on any atom is 0.119 e. The van der Waals surface area contributed by atoms with Crippen molar-refractivity contribution in [1.82, 2.24) is 0 Å². The van der Waals surface area contributed by atoms with Crippen LogP contribution in [-0.4, -0.2) is 0 Å². The molecule has 0 N–H and O–H groups in total. The van der Waals surface area contributed by atoms with E-state index in [9.17, 15) is 8.78 Å². The zero-order valence-corrected chi connectivity index (χ0v) is 13.9. The molecule has 2 rings (SSSR count). The maximum absolute atomic E-state index is 13.4. The molecule has 0 heterocycles. The average Bonchev–Trinajstić information content (AvgIpc) is 2.52. The Balaban J connectivity index is 1.80. The van der Waals surface area contributed by atoms with Crippen LogP contribution in [-0.2, 0) is 0 Å². The first-order valence-corrected chi connectivity index (χ1v) is 8.90. The van der Waals surface area contributed by atoms with Gasteiger partial charge in [0.05, 0.1) is 6.33 Å². The molecular weight excluding hydrogens is 278 g/mol. The lowest BCUT2D eigenvalue weighted by Crippen LogP contribution is -2.25. The molecule has 0 nitrogen and oxygen atoms in total. The number of rotatable bonds is 5. The van der Waals surface area contributed by atoms with E-state index in [4.69, 9.17) is 0 Å². The van der Waals surface area contributed by atoms with Crippen molar-refractivity contribution in [3.63, 3.8) is 0 Å². The van der Waals surface area contributed by atoms with Crippen molar-refractivity contribution in [2.45, 2.75) is 64.7 Å². The van der Waals surface area contributed by atoms with Gasteiger partial charge in [0.15, 0.2) is 0 Å². The zero-order valence-electron chi connectivity index (χ0n) is 13.9. The van der Waals surface area contributed by atoms with Crippen molar-refractivity contribution < 1.29 is 8.78 Å². The molecule has 0 atom stereocenters. The smallest absolute Gasteiger partial charge is 0.119 e. The van der Waals surface area contributed by atoms with Gasteiger partial charge in [0.25, 0.3) is 0 Å². The Hall–Kier alpha value is -0.920. The quantitative estimate of drug-likeness (QED) is 0.484. The van der Waals surface area contributed by atoms with E-state index in [1.54, 1.807) is 0 Å². The van der Waals surface area contributed by atoms with E-state index in [1.807, 2.05) is 0 Å². The Labute approximate surface area is 134 Å². The van der Waals surface area contributed by atoms with Crippen LogP contribution in [0.4, 0.5) is 8.78 Å². The molecule has 124 valence electrons. The van der Waals surface area contributed by atoms with Gasteiger partial charge >= 0.3 is 0 Å². The van der Waals surface area contributed by atoms with Gasteiger partial charge in [-0.15, -0.1) is 0 Å². The molecule has 2 aliphatic carbocycles. The minimum absolute atomic E-state index is 0.415. The van der Waals surface area contributed by atoms with Crippen molar-refractivity contribution in [2.24, 2.45) is 23.7 Å². The highest BCUT2D eigenvalue weighted by Gasteiger charge is 2.30. The van der Waals surface area contributed by atoms with Crippen molar-refractivity contribution >= 4 is 0 Å². The van der Waals surface area contributed by atoms with Crippen molar-refractivity contribution in [3.8, 4) is 0 Å². The standard InChI is InChI=1S/C20H30F2/c1-15-5-9-18(10-6-15)19-11-7-17(8-12-19)14-20(16(2)22)4-3-13-21/h3-4,13,15,17-19H,2,5-12,14H2,1H3/b13-3+,20-4-. The summed E-state index contributed by atoms with van der Waals surface area (Å²) in [4.78, 5) is 0. The number of hydrogen-bond acceptors (Lipinski definition) is 0. The lowest BCUT2D eigenvalue weighted by atomic mass is 9.69. The van der Waals surface area contributed by atoms with Crippen LogP contribution >= 0.6 is 0 Å². The zero-order chi connectivity index (χ0) is 15.9. The van der Waals surface area contributed by atoms with Gasteiger partial charge < -0.3 is 0 Å². The van der Waals surface area contributed by atoms with E-state index in [0.29, 0.717) is 24.2 Å². The van der Waals surface area contributed by atoms with Crippen LogP contribution in [0.15, 0.2) is 36.5 Å².